The molecular weight excluding hydrogens is 347 g/mol. The maximum atomic E-state index is 12.2. The first-order valence-corrected chi connectivity index (χ1v) is 7.92. The molecule has 2 rings (SSSR count). The Hall–Kier alpha value is -1.57. The van der Waals surface area contributed by atoms with Crippen molar-refractivity contribution in [3.63, 3.8) is 0 Å². The number of hydrogen-bond acceptors (Lipinski definition) is 5. The molecule has 0 aliphatic heterocycles. The smallest absolute Gasteiger partial charge is 0.237 e. The van der Waals surface area contributed by atoms with Crippen molar-refractivity contribution in [3.8, 4) is 0 Å². The van der Waals surface area contributed by atoms with Gasteiger partial charge in [0, 0.05) is 5.56 Å². The molecule has 2 aromatic rings. The molecule has 1 amide bonds. The van der Waals surface area contributed by atoms with Crippen LogP contribution in [0.25, 0.3) is 0 Å². The SMILES string of the molecule is Cc1nnc(SCC(=O)c2ccc(Cl)c(Cl)c2)n1CC(N)=O. The zero-order valence-electron chi connectivity index (χ0n) is 11.5. The molecule has 0 aliphatic rings. The lowest BCUT2D eigenvalue weighted by Crippen LogP contribution is -2.20. The highest BCUT2D eigenvalue weighted by Gasteiger charge is 2.14. The molecule has 116 valence electrons. The van der Waals surface area contributed by atoms with Crippen LogP contribution in [0.4, 0.5) is 0 Å². The van der Waals surface area contributed by atoms with Gasteiger partial charge in [-0.15, -0.1) is 10.2 Å². The van der Waals surface area contributed by atoms with E-state index in [0.29, 0.717) is 26.6 Å². The molecule has 0 aliphatic carbocycles. The van der Waals surface area contributed by atoms with Gasteiger partial charge in [0.25, 0.3) is 0 Å². The van der Waals surface area contributed by atoms with Gasteiger partial charge >= 0.3 is 0 Å². The molecule has 0 radical (unpaired) electrons. The third kappa shape index (κ3) is 4.00. The minimum Gasteiger partial charge on any atom is -0.368 e. The molecule has 0 unspecified atom stereocenters. The number of rotatable bonds is 6. The zero-order chi connectivity index (χ0) is 16.3. The molecule has 9 heteroatoms. The van der Waals surface area contributed by atoms with Crippen LogP contribution in [0.15, 0.2) is 23.4 Å². The van der Waals surface area contributed by atoms with Gasteiger partial charge in [0.1, 0.15) is 12.4 Å². The summed E-state index contributed by atoms with van der Waals surface area (Å²) in [6.45, 7) is 1.68. The Morgan fingerprint density at radius 2 is 2.00 bits per heavy atom. The van der Waals surface area contributed by atoms with Crippen LogP contribution in [-0.2, 0) is 11.3 Å². The number of carbonyl (C=O) groups is 2. The summed E-state index contributed by atoms with van der Waals surface area (Å²) in [6.07, 6.45) is 0. The predicted octanol–water partition coefficient (Wildman–Crippen LogP) is 2.35. The standard InChI is InChI=1S/C13H12Cl2N4O2S/c1-7-17-18-13(19(7)5-12(16)21)22-6-11(20)8-2-3-9(14)10(15)4-8/h2-4H,5-6H2,1H3,(H2,16,21). The fourth-order valence-corrected chi connectivity index (χ4v) is 2.87. The fourth-order valence-electron chi connectivity index (χ4n) is 1.69. The quantitative estimate of drug-likeness (QED) is 0.632. The molecule has 0 saturated heterocycles. The monoisotopic (exact) mass is 358 g/mol. The van der Waals surface area contributed by atoms with E-state index in [1.165, 1.54) is 17.8 Å². The highest BCUT2D eigenvalue weighted by atomic mass is 35.5. The summed E-state index contributed by atoms with van der Waals surface area (Å²) in [5.74, 6) is 0.0631. The number of amides is 1. The first-order valence-electron chi connectivity index (χ1n) is 6.17. The van der Waals surface area contributed by atoms with E-state index in [2.05, 4.69) is 10.2 Å². The van der Waals surface area contributed by atoms with Crippen molar-refractivity contribution >= 4 is 46.7 Å². The number of Topliss-reactive ketones (excluding diaryl/α,β-unsaturated/α-hetero) is 1. The Morgan fingerprint density at radius 3 is 2.64 bits per heavy atom. The number of aryl methyl sites for hydroxylation is 1. The second-order valence-electron chi connectivity index (χ2n) is 4.42. The average Bonchev–Trinajstić information content (AvgIpc) is 2.79. The summed E-state index contributed by atoms with van der Waals surface area (Å²) in [7, 11) is 0. The Labute approximate surface area is 141 Å². The molecule has 0 bridgehead atoms. The minimum atomic E-state index is -0.499. The molecule has 1 aromatic heterocycles. The number of thioether (sulfide) groups is 1. The van der Waals surface area contributed by atoms with Crippen molar-refractivity contribution in [2.75, 3.05) is 5.75 Å². The lowest BCUT2D eigenvalue weighted by atomic mass is 10.1. The van der Waals surface area contributed by atoms with E-state index in [4.69, 9.17) is 28.9 Å². The third-order valence-corrected chi connectivity index (χ3v) is 4.50. The zero-order valence-corrected chi connectivity index (χ0v) is 13.9. The summed E-state index contributed by atoms with van der Waals surface area (Å²) in [6, 6.07) is 4.70. The van der Waals surface area contributed by atoms with Gasteiger partial charge in [0.2, 0.25) is 5.91 Å². The lowest BCUT2D eigenvalue weighted by molar-refractivity contribution is -0.118. The van der Waals surface area contributed by atoms with Crippen LogP contribution in [0.1, 0.15) is 16.2 Å². The number of ketones is 1. The van der Waals surface area contributed by atoms with E-state index < -0.39 is 5.91 Å². The first-order chi connectivity index (χ1) is 10.4. The molecule has 0 spiro atoms. The lowest BCUT2D eigenvalue weighted by Gasteiger charge is -2.06. The first kappa shape index (κ1) is 16.8. The molecule has 0 saturated carbocycles. The van der Waals surface area contributed by atoms with Crippen molar-refractivity contribution in [2.24, 2.45) is 5.73 Å². The van der Waals surface area contributed by atoms with Crippen molar-refractivity contribution in [1.29, 1.82) is 0 Å². The minimum absolute atomic E-state index is 0.0257. The summed E-state index contributed by atoms with van der Waals surface area (Å²) < 4.78 is 1.56. The maximum Gasteiger partial charge on any atom is 0.237 e. The van der Waals surface area contributed by atoms with Crippen LogP contribution < -0.4 is 5.73 Å². The van der Waals surface area contributed by atoms with Crippen LogP contribution in [-0.4, -0.2) is 32.2 Å². The Bertz CT molecular complexity index is 733. The number of primary amides is 1. The van der Waals surface area contributed by atoms with Crippen LogP contribution in [0, 0.1) is 6.92 Å². The van der Waals surface area contributed by atoms with Gasteiger partial charge in [-0.2, -0.15) is 0 Å². The fraction of sp³-hybridized carbons (Fsp3) is 0.231. The average molecular weight is 359 g/mol. The summed E-state index contributed by atoms with van der Waals surface area (Å²) in [5.41, 5.74) is 5.64. The van der Waals surface area contributed by atoms with Crippen molar-refractivity contribution in [1.82, 2.24) is 14.8 Å². The highest BCUT2D eigenvalue weighted by Crippen LogP contribution is 2.24. The van der Waals surface area contributed by atoms with Crippen LogP contribution in [0.5, 0.6) is 0 Å². The van der Waals surface area contributed by atoms with Crippen LogP contribution in [0.2, 0.25) is 10.0 Å². The predicted molar refractivity (Wildman–Crippen MR) is 85.5 cm³/mol. The number of aromatic nitrogens is 3. The van der Waals surface area contributed by atoms with Gasteiger partial charge in [-0.3, -0.25) is 14.2 Å². The molecule has 0 atom stereocenters. The summed E-state index contributed by atoms with van der Waals surface area (Å²) >= 11 is 12.9. The van der Waals surface area contributed by atoms with E-state index in [0.717, 1.165) is 0 Å². The van der Waals surface area contributed by atoms with E-state index in [1.54, 1.807) is 23.6 Å². The molecule has 2 N–H and O–H groups in total. The topological polar surface area (TPSA) is 90.9 Å². The van der Waals surface area contributed by atoms with Gasteiger partial charge < -0.3 is 5.73 Å². The Morgan fingerprint density at radius 1 is 1.27 bits per heavy atom. The number of nitrogens with two attached hydrogens (primary N) is 1. The molecular formula is C13H12Cl2N4O2S. The molecule has 22 heavy (non-hydrogen) atoms. The van der Waals surface area contributed by atoms with Gasteiger partial charge in [0.05, 0.1) is 15.8 Å². The largest absolute Gasteiger partial charge is 0.368 e. The summed E-state index contributed by atoms with van der Waals surface area (Å²) in [5, 5.41) is 8.99. The molecule has 1 heterocycles. The molecule has 0 fully saturated rings. The Balaban J connectivity index is 2.08. The normalized spacial score (nSPS) is 10.7. The van der Waals surface area contributed by atoms with Crippen molar-refractivity contribution in [2.45, 2.75) is 18.6 Å². The van der Waals surface area contributed by atoms with Crippen molar-refractivity contribution in [3.05, 3.63) is 39.6 Å². The molecule has 6 nitrogen and oxygen atoms in total. The number of hydrogen-bond donors (Lipinski definition) is 1. The number of benzene rings is 1. The van der Waals surface area contributed by atoms with E-state index in [-0.39, 0.29) is 18.1 Å². The maximum absolute atomic E-state index is 12.2. The summed E-state index contributed by atoms with van der Waals surface area (Å²) in [4.78, 5) is 23.2. The van der Waals surface area contributed by atoms with Gasteiger partial charge in [-0.1, -0.05) is 35.0 Å². The van der Waals surface area contributed by atoms with Crippen LogP contribution >= 0.6 is 35.0 Å². The second-order valence-corrected chi connectivity index (χ2v) is 6.18. The van der Waals surface area contributed by atoms with Crippen LogP contribution in [0.3, 0.4) is 0 Å². The van der Waals surface area contributed by atoms with Gasteiger partial charge in [-0.25, -0.2) is 0 Å². The van der Waals surface area contributed by atoms with E-state index >= 15 is 0 Å². The molecule has 1 aromatic carbocycles. The van der Waals surface area contributed by atoms with E-state index in [1.807, 2.05) is 0 Å². The number of carbonyl (C=O) groups excluding carboxylic acids is 2. The number of halogens is 2. The second kappa shape index (κ2) is 7.13. The van der Waals surface area contributed by atoms with E-state index in [9.17, 15) is 9.59 Å². The van der Waals surface area contributed by atoms with Gasteiger partial charge in [0.15, 0.2) is 10.9 Å². The highest BCUT2D eigenvalue weighted by molar-refractivity contribution is 7.99. The number of nitrogens with zero attached hydrogens (tertiary/aromatic N) is 3. The van der Waals surface area contributed by atoms with Crippen molar-refractivity contribution < 1.29 is 9.59 Å². The third-order valence-electron chi connectivity index (χ3n) is 2.79. The Kier molecular flexibility index (Phi) is 5.44. The van der Waals surface area contributed by atoms with Gasteiger partial charge in [-0.05, 0) is 25.1 Å².